The quantitative estimate of drug-likeness (QED) is 0.841. The van der Waals surface area contributed by atoms with Crippen molar-refractivity contribution in [1.29, 1.82) is 0 Å². The van der Waals surface area contributed by atoms with Gasteiger partial charge in [0.25, 0.3) is 0 Å². The van der Waals surface area contributed by atoms with Gasteiger partial charge in [0.2, 0.25) is 5.91 Å². The predicted molar refractivity (Wildman–Crippen MR) is 67.5 cm³/mol. The molecule has 0 radical (unpaired) electrons. The summed E-state index contributed by atoms with van der Waals surface area (Å²) >= 11 is 0. The van der Waals surface area contributed by atoms with Crippen LogP contribution in [0.25, 0.3) is 0 Å². The average Bonchev–Trinajstić information content (AvgIpc) is 2.64. The molecule has 2 atom stereocenters. The second kappa shape index (κ2) is 6.11. The van der Waals surface area contributed by atoms with Crippen LogP contribution in [-0.2, 0) is 4.79 Å². The van der Waals surface area contributed by atoms with Crippen molar-refractivity contribution in [2.45, 2.75) is 58.2 Å². The maximum absolute atomic E-state index is 12.6. The molecule has 19 heavy (non-hydrogen) atoms. The minimum atomic E-state index is -4.36. The zero-order chi connectivity index (χ0) is 14.7. The maximum atomic E-state index is 12.6. The molecule has 0 aromatic heterocycles. The molecule has 2 unspecified atom stereocenters. The third-order valence-corrected chi connectivity index (χ3v) is 3.96. The van der Waals surface area contributed by atoms with E-state index in [4.69, 9.17) is 5.73 Å². The van der Waals surface area contributed by atoms with Gasteiger partial charge in [-0.2, -0.15) is 13.2 Å². The van der Waals surface area contributed by atoms with Gasteiger partial charge in [0.1, 0.15) is 6.54 Å². The lowest BCUT2D eigenvalue weighted by atomic mass is 9.83. The van der Waals surface area contributed by atoms with E-state index in [2.05, 4.69) is 0 Å². The summed E-state index contributed by atoms with van der Waals surface area (Å²) < 4.78 is 37.7. The fourth-order valence-corrected chi connectivity index (χ4v) is 2.64. The molecular weight excluding hydrogens is 257 g/mol. The maximum Gasteiger partial charge on any atom is 0.406 e. The van der Waals surface area contributed by atoms with E-state index in [-0.39, 0.29) is 12.6 Å². The number of amides is 1. The van der Waals surface area contributed by atoms with Crippen LogP contribution in [-0.4, -0.2) is 36.1 Å². The van der Waals surface area contributed by atoms with Crippen LogP contribution in [0.1, 0.15) is 46.0 Å². The minimum absolute atomic E-state index is 0.150. The molecule has 0 aromatic rings. The van der Waals surface area contributed by atoms with Gasteiger partial charge in [0, 0.05) is 12.6 Å². The van der Waals surface area contributed by atoms with Gasteiger partial charge in [0.05, 0.1) is 5.41 Å². The molecule has 0 aromatic carbocycles. The van der Waals surface area contributed by atoms with Crippen molar-refractivity contribution in [2.75, 3.05) is 13.1 Å². The van der Waals surface area contributed by atoms with Crippen LogP contribution in [0.3, 0.4) is 0 Å². The van der Waals surface area contributed by atoms with Crippen molar-refractivity contribution in [1.82, 2.24) is 4.90 Å². The van der Waals surface area contributed by atoms with E-state index in [1.54, 1.807) is 6.92 Å². The Bertz CT molecular complexity index is 320. The number of nitrogens with zero attached hydrogens (tertiary/aromatic N) is 1. The van der Waals surface area contributed by atoms with Crippen molar-refractivity contribution in [2.24, 2.45) is 11.1 Å². The lowest BCUT2D eigenvalue weighted by Gasteiger charge is -2.35. The van der Waals surface area contributed by atoms with E-state index in [1.807, 2.05) is 6.92 Å². The number of hydrogen-bond donors (Lipinski definition) is 1. The molecule has 0 aliphatic heterocycles. The Balaban J connectivity index is 2.81. The summed E-state index contributed by atoms with van der Waals surface area (Å²) in [5, 5.41) is 0. The number of carbonyl (C=O) groups is 1. The highest BCUT2D eigenvalue weighted by Crippen LogP contribution is 2.39. The van der Waals surface area contributed by atoms with Gasteiger partial charge in [-0.25, -0.2) is 0 Å². The summed E-state index contributed by atoms with van der Waals surface area (Å²) in [6, 6.07) is -0.336. The van der Waals surface area contributed by atoms with E-state index < -0.39 is 24.0 Å². The Morgan fingerprint density at radius 2 is 2.11 bits per heavy atom. The molecule has 2 N–H and O–H groups in total. The number of halogens is 3. The monoisotopic (exact) mass is 280 g/mol. The van der Waals surface area contributed by atoms with E-state index in [0.29, 0.717) is 19.3 Å². The Labute approximate surface area is 112 Å². The molecule has 1 fully saturated rings. The highest BCUT2D eigenvalue weighted by Gasteiger charge is 2.46. The third kappa shape index (κ3) is 4.09. The lowest BCUT2D eigenvalue weighted by molar-refractivity contribution is -0.167. The summed E-state index contributed by atoms with van der Waals surface area (Å²) in [6.45, 7) is 2.56. The molecule has 1 amide bonds. The first kappa shape index (κ1) is 16.3. The first-order valence-electron chi connectivity index (χ1n) is 6.82. The zero-order valence-electron chi connectivity index (χ0n) is 11.6. The molecule has 112 valence electrons. The number of alkyl halides is 3. The summed E-state index contributed by atoms with van der Waals surface area (Å²) in [5.74, 6) is -0.441. The lowest BCUT2D eigenvalue weighted by Crippen LogP contribution is -2.51. The van der Waals surface area contributed by atoms with Crippen LogP contribution in [0.4, 0.5) is 13.2 Å². The van der Waals surface area contributed by atoms with E-state index in [0.717, 1.165) is 17.7 Å². The second-order valence-electron chi connectivity index (χ2n) is 5.61. The van der Waals surface area contributed by atoms with Crippen LogP contribution in [0.2, 0.25) is 0 Å². The van der Waals surface area contributed by atoms with E-state index >= 15 is 0 Å². The summed E-state index contributed by atoms with van der Waals surface area (Å²) in [5.41, 5.74) is 5.08. The van der Waals surface area contributed by atoms with Crippen LogP contribution in [0, 0.1) is 5.41 Å². The molecular formula is C13H23F3N2O. The van der Waals surface area contributed by atoms with Gasteiger partial charge in [-0.3, -0.25) is 4.79 Å². The van der Waals surface area contributed by atoms with Gasteiger partial charge in [-0.15, -0.1) is 0 Å². The molecule has 3 nitrogen and oxygen atoms in total. The number of hydrogen-bond acceptors (Lipinski definition) is 2. The molecule has 0 heterocycles. The standard InChI is InChI=1S/C13H23F3N2O/c1-3-4-8-18(9-13(14,15)16)11(19)12(2)7-5-6-10(12)17/h10H,3-9,17H2,1-2H3. The fourth-order valence-electron chi connectivity index (χ4n) is 2.64. The van der Waals surface area contributed by atoms with Gasteiger partial charge in [-0.1, -0.05) is 19.8 Å². The number of carbonyl (C=O) groups excluding carboxylic acids is 1. The van der Waals surface area contributed by atoms with Crippen LogP contribution in [0.15, 0.2) is 0 Å². The smallest absolute Gasteiger partial charge is 0.333 e. The van der Waals surface area contributed by atoms with Crippen LogP contribution < -0.4 is 5.73 Å². The highest BCUT2D eigenvalue weighted by molar-refractivity contribution is 5.83. The Morgan fingerprint density at radius 1 is 1.47 bits per heavy atom. The van der Waals surface area contributed by atoms with Crippen molar-refractivity contribution < 1.29 is 18.0 Å². The van der Waals surface area contributed by atoms with Crippen molar-refractivity contribution >= 4 is 5.91 Å². The summed E-state index contributed by atoms with van der Waals surface area (Å²) in [6.07, 6.45) is -0.944. The predicted octanol–water partition coefficient (Wildman–Crippen LogP) is 2.69. The van der Waals surface area contributed by atoms with Crippen LogP contribution >= 0.6 is 0 Å². The molecule has 6 heteroatoms. The Morgan fingerprint density at radius 3 is 2.53 bits per heavy atom. The van der Waals surface area contributed by atoms with Crippen molar-refractivity contribution in [3.8, 4) is 0 Å². The third-order valence-electron chi connectivity index (χ3n) is 3.96. The largest absolute Gasteiger partial charge is 0.406 e. The highest BCUT2D eigenvalue weighted by atomic mass is 19.4. The topological polar surface area (TPSA) is 46.3 Å². The summed E-state index contributed by atoms with van der Waals surface area (Å²) in [7, 11) is 0. The summed E-state index contributed by atoms with van der Waals surface area (Å²) in [4.78, 5) is 13.3. The molecule has 1 aliphatic rings. The number of rotatable bonds is 5. The molecule has 1 saturated carbocycles. The minimum Gasteiger partial charge on any atom is -0.333 e. The molecule has 1 aliphatic carbocycles. The first-order valence-corrected chi connectivity index (χ1v) is 6.82. The zero-order valence-corrected chi connectivity index (χ0v) is 11.6. The SMILES string of the molecule is CCCCN(CC(F)(F)F)C(=O)C1(C)CCCC1N. The fraction of sp³-hybridized carbons (Fsp3) is 0.923. The van der Waals surface area contributed by atoms with Gasteiger partial charge < -0.3 is 10.6 Å². The molecule has 0 saturated heterocycles. The normalized spacial score (nSPS) is 27.6. The van der Waals surface area contributed by atoms with Crippen molar-refractivity contribution in [3.05, 3.63) is 0 Å². The molecule has 0 bridgehead atoms. The Kier molecular flexibility index (Phi) is 5.24. The van der Waals surface area contributed by atoms with E-state index in [9.17, 15) is 18.0 Å². The van der Waals surface area contributed by atoms with Crippen LogP contribution in [0.5, 0.6) is 0 Å². The van der Waals surface area contributed by atoms with Gasteiger partial charge in [-0.05, 0) is 26.2 Å². The van der Waals surface area contributed by atoms with Gasteiger partial charge >= 0.3 is 6.18 Å². The second-order valence-corrected chi connectivity index (χ2v) is 5.61. The van der Waals surface area contributed by atoms with E-state index in [1.165, 1.54) is 0 Å². The average molecular weight is 280 g/mol. The molecule has 0 spiro atoms. The molecule has 1 rings (SSSR count). The number of nitrogens with two attached hydrogens (primary N) is 1. The van der Waals surface area contributed by atoms with Crippen molar-refractivity contribution in [3.63, 3.8) is 0 Å². The van der Waals surface area contributed by atoms with Gasteiger partial charge in [0.15, 0.2) is 0 Å². The first-order chi connectivity index (χ1) is 8.70. The Hall–Kier alpha value is -0.780. The number of unbranched alkanes of at least 4 members (excludes halogenated alkanes) is 1.